The van der Waals surface area contributed by atoms with E-state index in [0.717, 1.165) is 32.1 Å². The number of thioether (sulfide) groups is 1. The number of hydrogen-bond donors (Lipinski definition) is 2. The Morgan fingerprint density at radius 2 is 1.52 bits per heavy atom. The Hall–Kier alpha value is -5.17. The Morgan fingerprint density at radius 1 is 0.704 bits per heavy atom. The van der Waals surface area contributed by atoms with E-state index in [0.29, 0.717) is 35.0 Å². The third kappa shape index (κ3) is 8.09. The molecule has 0 aromatic heterocycles. The van der Waals surface area contributed by atoms with Crippen LogP contribution in [0.4, 0.5) is 5.69 Å². The molecule has 13 rings (SSSR count). The summed E-state index contributed by atoms with van der Waals surface area (Å²) in [4.78, 5) is 7.00. The summed E-state index contributed by atoms with van der Waals surface area (Å²) in [6, 6.07) is 30.4. The molecule has 2 N–H and O–H groups in total. The molecule has 11 atom stereocenters. The maximum absolute atomic E-state index is 4.41. The molecule has 0 bridgehead atoms. The number of anilines is 1. The lowest BCUT2D eigenvalue weighted by atomic mass is 9.68. The Kier molecular flexibility index (Phi) is 12.4. The van der Waals surface area contributed by atoms with E-state index in [9.17, 15) is 0 Å². The molecule has 0 spiro atoms. The van der Waals surface area contributed by atoms with Crippen molar-refractivity contribution in [3.8, 4) is 11.1 Å². The quantitative estimate of drug-likeness (QED) is 0.220. The summed E-state index contributed by atoms with van der Waals surface area (Å²) in [6.07, 6.45) is 46.7. The highest BCUT2D eigenvalue weighted by molar-refractivity contribution is 8.04. The SMILES string of the molecule is CC1C=CC=C(C2NC(C3=C(C4=CCCC5=C4SC4C5CCC5C6=CCCC=C6N(c6ccccc6)C54)C=CC(c4c(-c5ccccc5)cccc4C4C=CCCC4)C3C)NC(C3=CCCC=C3)N2C)C1. The van der Waals surface area contributed by atoms with Crippen LogP contribution in [-0.2, 0) is 0 Å². The van der Waals surface area contributed by atoms with Crippen LogP contribution in [0.15, 0.2) is 207 Å². The van der Waals surface area contributed by atoms with Crippen LogP contribution in [0.5, 0.6) is 0 Å². The van der Waals surface area contributed by atoms with E-state index in [2.05, 4.69) is 211 Å². The van der Waals surface area contributed by atoms with Gasteiger partial charge in [-0.25, -0.2) is 0 Å². The maximum atomic E-state index is 4.41. The zero-order valence-electron chi connectivity index (χ0n) is 42.1. The van der Waals surface area contributed by atoms with E-state index >= 15 is 0 Å². The molecule has 7 aliphatic carbocycles. The highest BCUT2D eigenvalue weighted by Crippen LogP contribution is 2.62. The summed E-state index contributed by atoms with van der Waals surface area (Å²) >= 11 is 2.27. The van der Waals surface area contributed by atoms with Gasteiger partial charge in [0.2, 0.25) is 0 Å². The van der Waals surface area contributed by atoms with Crippen molar-refractivity contribution >= 4 is 17.4 Å². The van der Waals surface area contributed by atoms with Gasteiger partial charge in [0.25, 0.3) is 0 Å². The zero-order valence-corrected chi connectivity index (χ0v) is 43.0. The van der Waals surface area contributed by atoms with Gasteiger partial charge in [-0.2, -0.15) is 0 Å². The van der Waals surface area contributed by atoms with Crippen molar-refractivity contribution in [3.63, 3.8) is 0 Å². The lowest BCUT2D eigenvalue weighted by Gasteiger charge is -2.50. The van der Waals surface area contributed by atoms with Gasteiger partial charge in [-0.1, -0.05) is 165 Å². The molecule has 3 fully saturated rings. The van der Waals surface area contributed by atoms with Gasteiger partial charge in [-0.05, 0) is 170 Å². The number of hydrogen-bond acceptors (Lipinski definition) is 5. The van der Waals surface area contributed by atoms with E-state index in [1.165, 1.54) is 106 Å². The normalized spacial score (nSPS) is 33.4. The van der Waals surface area contributed by atoms with Gasteiger partial charge in [0.05, 0.1) is 24.5 Å². The molecule has 0 amide bonds. The first kappa shape index (κ1) is 45.7. The Morgan fingerprint density at radius 3 is 2.34 bits per heavy atom. The van der Waals surface area contributed by atoms with Crippen molar-refractivity contribution in [2.45, 2.75) is 133 Å². The van der Waals surface area contributed by atoms with Crippen LogP contribution >= 0.6 is 11.8 Å². The second-order valence-corrected chi connectivity index (χ2v) is 23.5. The second-order valence-electron chi connectivity index (χ2n) is 22.3. The number of rotatable bonds is 8. The van der Waals surface area contributed by atoms with E-state index in [-0.39, 0.29) is 30.3 Å². The molecule has 2 saturated heterocycles. The van der Waals surface area contributed by atoms with Crippen molar-refractivity contribution in [1.29, 1.82) is 0 Å². The molecule has 3 heterocycles. The minimum Gasteiger partial charge on any atom is -0.337 e. The Balaban J connectivity index is 0.954. The van der Waals surface area contributed by atoms with Crippen LogP contribution in [0.3, 0.4) is 0 Å². The first-order chi connectivity index (χ1) is 35.0. The summed E-state index contributed by atoms with van der Waals surface area (Å²) in [6.45, 7) is 4.97. The van der Waals surface area contributed by atoms with Crippen molar-refractivity contribution in [1.82, 2.24) is 15.5 Å². The summed E-state index contributed by atoms with van der Waals surface area (Å²) in [5.74, 6) is 2.53. The molecule has 4 nitrogen and oxygen atoms in total. The summed E-state index contributed by atoms with van der Waals surface area (Å²) in [5.41, 5.74) is 19.3. The van der Waals surface area contributed by atoms with Crippen LogP contribution in [0.2, 0.25) is 0 Å². The number of para-hydroxylation sites is 1. The lowest BCUT2D eigenvalue weighted by Crippen LogP contribution is -2.69. The number of allylic oxidation sites excluding steroid dienone is 16. The number of benzene rings is 3. The first-order valence-corrected chi connectivity index (χ1v) is 28.5. The van der Waals surface area contributed by atoms with Gasteiger partial charge in [0.15, 0.2) is 0 Å². The van der Waals surface area contributed by atoms with E-state index in [1.807, 2.05) is 0 Å². The number of nitrogens with zero attached hydrogens (tertiary/aromatic N) is 2. The molecule has 362 valence electrons. The molecule has 1 saturated carbocycles. The number of fused-ring (bicyclic) bond motifs is 6. The minimum atomic E-state index is -0.0470. The summed E-state index contributed by atoms with van der Waals surface area (Å²) in [7, 11) is 2.34. The van der Waals surface area contributed by atoms with Crippen LogP contribution in [-0.4, -0.2) is 41.7 Å². The van der Waals surface area contributed by atoms with Crippen LogP contribution in [0.1, 0.15) is 114 Å². The van der Waals surface area contributed by atoms with Crippen molar-refractivity contribution in [2.75, 3.05) is 11.9 Å². The van der Waals surface area contributed by atoms with Crippen LogP contribution < -0.4 is 15.5 Å². The van der Waals surface area contributed by atoms with E-state index < -0.39 is 0 Å². The van der Waals surface area contributed by atoms with Crippen LogP contribution in [0.25, 0.3) is 11.1 Å². The van der Waals surface area contributed by atoms with Gasteiger partial charge in [0.1, 0.15) is 0 Å². The van der Waals surface area contributed by atoms with Gasteiger partial charge < -0.3 is 4.90 Å². The van der Waals surface area contributed by atoms with Gasteiger partial charge in [0, 0.05) is 39.3 Å². The highest BCUT2D eigenvalue weighted by Gasteiger charge is 2.55. The molecule has 3 aromatic rings. The summed E-state index contributed by atoms with van der Waals surface area (Å²) in [5, 5.41) is 9.32. The molecule has 5 heteroatoms. The van der Waals surface area contributed by atoms with Gasteiger partial charge >= 0.3 is 0 Å². The number of likely N-dealkylation sites (N-methyl/N-ethyl adjacent to an activating group) is 1. The predicted molar refractivity (Wildman–Crippen MR) is 299 cm³/mol. The average molecular weight is 953 g/mol. The minimum absolute atomic E-state index is 0.0470. The maximum Gasteiger partial charge on any atom is 0.0884 e. The van der Waals surface area contributed by atoms with Gasteiger partial charge in [-0.15, -0.1) is 11.8 Å². The topological polar surface area (TPSA) is 30.5 Å². The molecule has 10 aliphatic rings. The average Bonchev–Trinajstić information content (AvgIpc) is 3.98. The second kappa shape index (κ2) is 19.4. The van der Waals surface area contributed by atoms with Gasteiger partial charge in [-0.3, -0.25) is 15.5 Å². The molecule has 11 unspecified atom stereocenters. The van der Waals surface area contributed by atoms with Crippen LogP contribution in [0, 0.1) is 23.7 Å². The molecular weight excluding hydrogens is 881 g/mol. The fraction of sp³-hybridized carbons (Fsp3) is 0.394. The van der Waals surface area contributed by atoms with E-state index in [1.54, 1.807) is 16.1 Å². The zero-order chi connectivity index (χ0) is 47.6. The van der Waals surface area contributed by atoms with Crippen molar-refractivity contribution in [2.24, 2.45) is 23.7 Å². The molecule has 3 aromatic carbocycles. The highest BCUT2D eigenvalue weighted by atomic mass is 32.2. The third-order valence-electron chi connectivity index (χ3n) is 18.2. The Bertz CT molecular complexity index is 2920. The molecular formula is C66H72N4S. The molecule has 3 aliphatic heterocycles. The Labute approximate surface area is 428 Å². The first-order valence-electron chi connectivity index (χ1n) is 27.6. The van der Waals surface area contributed by atoms with Crippen molar-refractivity contribution in [3.05, 3.63) is 219 Å². The number of nitrogens with one attached hydrogen (secondary N) is 2. The summed E-state index contributed by atoms with van der Waals surface area (Å²) < 4.78 is 0. The lowest BCUT2D eigenvalue weighted by molar-refractivity contribution is 0.0883. The smallest absolute Gasteiger partial charge is 0.0884 e. The predicted octanol–water partition coefficient (Wildman–Crippen LogP) is 15.3. The third-order valence-corrected chi connectivity index (χ3v) is 19.8. The van der Waals surface area contributed by atoms with Crippen molar-refractivity contribution < 1.29 is 0 Å². The molecule has 71 heavy (non-hydrogen) atoms. The monoisotopic (exact) mass is 953 g/mol. The fourth-order valence-corrected chi connectivity index (χ4v) is 16.9. The fourth-order valence-electron chi connectivity index (χ4n) is 15.0. The molecule has 0 radical (unpaired) electrons. The largest absolute Gasteiger partial charge is 0.337 e. The standard InChI is InChI=1S/C66H72N4S/c1-42-21-18-28-47(41-42)66-68-64(67-65(69(66)3)46-26-12-6-13-27-46)59-43(2)49(60-50(44-22-8-4-9-23-44)32-19-33-51(60)45-24-10-5-11-25-45)37-38-53(59)55-34-20-35-56-57-40-39-54-52-31-16-17-36-58(52)70(48-29-14-7-15-30-48)61(54)63(57)71-62(55)56/h4,7-10,12,14-15,18-19,21-24,26-34,36-38,42-43,45,49,54,57,61,63-68H,5-6,11,13,16-17,20,25,35,39-41H2,1-3H3. The van der Waals surface area contributed by atoms with E-state index in [4.69, 9.17) is 0 Å².